The summed E-state index contributed by atoms with van der Waals surface area (Å²) in [6, 6.07) is 0.642. The quantitative estimate of drug-likeness (QED) is 0.644. The summed E-state index contributed by atoms with van der Waals surface area (Å²) < 4.78 is 6.00. The van der Waals surface area contributed by atoms with Crippen LogP contribution in [0.4, 0.5) is 0 Å². The minimum Gasteiger partial charge on any atom is -0.361 e. The van der Waals surface area contributed by atoms with Crippen LogP contribution in [-0.4, -0.2) is 18.4 Å². The lowest BCUT2D eigenvalue weighted by molar-refractivity contribution is -0.122. The highest BCUT2D eigenvalue weighted by Gasteiger charge is 2.34. The summed E-state index contributed by atoms with van der Waals surface area (Å²) in [5.74, 6) is 0. The Balaban J connectivity index is 1.95. The van der Waals surface area contributed by atoms with Gasteiger partial charge < -0.3 is 4.74 Å². The standard InChI is InChI=1S/C12H23NO/c1-11-7-10-14-12(13-11)8-5-3-2-4-6-9-12/h11,13H,2-10H2,1H3. The molecule has 1 aliphatic carbocycles. The van der Waals surface area contributed by atoms with Gasteiger partial charge in [-0.15, -0.1) is 0 Å². The van der Waals surface area contributed by atoms with Gasteiger partial charge in [-0.3, -0.25) is 5.32 Å². The van der Waals surface area contributed by atoms with Gasteiger partial charge in [0, 0.05) is 6.04 Å². The molecule has 1 N–H and O–H groups in total. The largest absolute Gasteiger partial charge is 0.361 e. The highest BCUT2D eigenvalue weighted by Crippen LogP contribution is 2.30. The smallest absolute Gasteiger partial charge is 0.119 e. The zero-order chi connectivity index (χ0) is 9.86. The fourth-order valence-electron chi connectivity index (χ4n) is 2.76. The first-order chi connectivity index (χ1) is 6.81. The van der Waals surface area contributed by atoms with E-state index in [1.165, 1.54) is 51.4 Å². The molecule has 0 amide bonds. The topological polar surface area (TPSA) is 21.3 Å². The summed E-state index contributed by atoms with van der Waals surface area (Å²) in [6.07, 6.45) is 10.5. The van der Waals surface area contributed by atoms with Crippen LogP contribution in [0.1, 0.15) is 58.3 Å². The molecule has 1 saturated heterocycles. The van der Waals surface area contributed by atoms with Gasteiger partial charge in [0.1, 0.15) is 5.72 Å². The van der Waals surface area contributed by atoms with Crippen LogP contribution in [0.5, 0.6) is 0 Å². The molecule has 0 aromatic heterocycles. The first kappa shape index (κ1) is 10.4. The van der Waals surface area contributed by atoms with Crippen LogP contribution in [0.2, 0.25) is 0 Å². The first-order valence-electron chi connectivity index (χ1n) is 6.22. The Kier molecular flexibility index (Phi) is 3.45. The van der Waals surface area contributed by atoms with E-state index in [2.05, 4.69) is 12.2 Å². The molecule has 2 fully saturated rings. The monoisotopic (exact) mass is 197 g/mol. The van der Waals surface area contributed by atoms with Gasteiger partial charge in [0.2, 0.25) is 0 Å². The predicted octanol–water partition coefficient (Wildman–Crippen LogP) is 2.83. The molecule has 14 heavy (non-hydrogen) atoms. The van der Waals surface area contributed by atoms with Gasteiger partial charge in [-0.2, -0.15) is 0 Å². The van der Waals surface area contributed by atoms with E-state index in [9.17, 15) is 0 Å². The fraction of sp³-hybridized carbons (Fsp3) is 1.00. The van der Waals surface area contributed by atoms with Crippen LogP contribution in [0, 0.1) is 0 Å². The molecule has 82 valence electrons. The lowest BCUT2D eigenvalue weighted by atomic mass is 9.91. The van der Waals surface area contributed by atoms with Crippen molar-refractivity contribution in [2.75, 3.05) is 6.61 Å². The first-order valence-corrected chi connectivity index (χ1v) is 6.22. The highest BCUT2D eigenvalue weighted by molar-refractivity contribution is 4.85. The maximum Gasteiger partial charge on any atom is 0.119 e. The molecule has 2 nitrogen and oxygen atoms in total. The molecule has 2 rings (SSSR count). The summed E-state index contributed by atoms with van der Waals surface area (Å²) in [5.41, 5.74) is 0.0537. The van der Waals surface area contributed by atoms with Crippen LogP contribution < -0.4 is 5.32 Å². The molecule has 0 aromatic rings. The minimum absolute atomic E-state index is 0.0537. The molecule has 1 unspecified atom stereocenters. The van der Waals surface area contributed by atoms with E-state index < -0.39 is 0 Å². The van der Waals surface area contributed by atoms with Crippen molar-refractivity contribution < 1.29 is 4.74 Å². The summed E-state index contributed by atoms with van der Waals surface area (Å²) in [4.78, 5) is 0. The number of nitrogens with one attached hydrogen (secondary N) is 1. The van der Waals surface area contributed by atoms with E-state index in [1.54, 1.807) is 0 Å². The van der Waals surface area contributed by atoms with Gasteiger partial charge >= 0.3 is 0 Å². The zero-order valence-electron chi connectivity index (χ0n) is 9.35. The molecule has 2 heteroatoms. The van der Waals surface area contributed by atoms with Gasteiger partial charge in [-0.1, -0.05) is 19.3 Å². The van der Waals surface area contributed by atoms with Crippen LogP contribution in [-0.2, 0) is 4.74 Å². The molecular weight excluding hydrogens is 174 g/mol. The average molecular weight is 197 g/mol. The number of rotatable bonds is 0. The van der Waals surface area contributed by atoms with Gasteiger partial charge in [-0.05, 0) is 39.0 Å². The van der Waals surface area contributed by atoms with Crippen molar-refractivity contribution in [3.05, 3.63) is 0 Å². The lowest BCUT2D eigenvalue weighted by Gasteiger charge is -2.42. The highest BCUT2D eigenvalue weighted by atomic mass is 16.5. The van der Waals surface area contributed by atoms with Crippen molar-refractivity contribution in [3.8, 4) is 0 Å². The Morgan fingerprint density at radius 2 is 1.71 bits per heavy atom. The Morgan fingerprint density at radius 1 is 1.07 bits per heavy atom. The SMILES string of the molecule is CC1CCOC2(CCCCCCC2)N1. The Labute approximate surface area is 87.4 Å². The average Bonchev–Trinajstić information content (AvgIpc) is 2.12. The van der Waals surface area contributed by atoms with Crippen molar-refractivity contribution in [2.45, 2.75) is 70.1 Å². The third-order valence-corrected chi connectivity index (χ3v) is 3.60. The van der Waals surface area contributed by atoms with E-state index in [4.69, 9.17) is 4.74 Å². The zero-order valence-corrected chi connectivity index (χ0v) is 9.35. The van der Waals surface area contributed by atoms with Crippen LogP contribution in [0.3, 0.4) is 0 Å². The molecule has 2 aliphatic rings. The second-order valence-corrected chi connectivity index (χ2v) is 4.94. The number of ether oxygens (including phenoxy) is 1. The van der Waals surface area contributed by atoms with E-state index in [1.807, 2.05) is 0 Å². The van der Waals surface area contributed by atoms with Crippen molar-refractivity contribution in [1.82, 2.24) is 5.32 Å². The van der Waals surface area contributed by atoms with E-state index >= 15 is 0 Å². The van der Waals surface area contributed by atoms with E-state index in [0.29, 0.717) is 6.04 Å². The molecule has 1 aliphatic heterocycles. The molecule has 0 aromatic carbocycles. The van der Waals surface area contributed by atoms with E-state index in [-0.39, 0.29) is 5.72 Å². The van der Waals surface area contributed by atoms with Crippen molar-refractivity contribution in [1.29, 1.82) is 0 Å². The van der Waals surface area contributed by atoms with Crippen molar-refractivity contribution >= 4 is 0 Å². The summed E-state index contributed by atoms with van der Waals surface area (Å²) in [5, 5.41) is 3.68. The molecular formula is C12H23NO. The third kappa shape index (κ3) is 2.48. The molecule has 1 saturated carbocycles. The molecule has 1 spiro atoms. The van der Waals surface area contributed by atoms with Crippen molar-refractivity contribution in [3.63, 3.8) is 0 Å². The summed E-state index contributed by atoms with van der Waals surface area (Å²) in [7, 11) is 0. The second-order valence-electron chi connectivity index (χ2n) is 4.94. The Bertz CT molecular complexity index is 173. The Morgan fingerprint density at radius 3 is 2.36 bits per heavy atom. The normalized spacial score (nSPS) is 33.6. The molecule has 1 heterocycles. The molecule has 0 radical (unpaired) electrons. The predicted molar refractivity (Wildman–Crippen MR) is 58.2 cm³/mol. The van der Waals surface area contributed by atoms with Gasteiger partial charge in [0.05, 0.1) is 6.61 Å². The molecule has 1 atom stereocenters. The van der Waals surface area contributed by atoms with Crippen LogP contribution in [0.25, 0.3) is 0 Å². The minimum atomic E-state index is 0.0537. The van der Waals surface area contributed by atoms with Crippen LogP contribution in [0.15, 0.2) is 0 Å². The maximum atomic E-state index is 6.00. The Hall–Kier alpha value is -0.0800. The van der Waals surface area contributed by atoms with Crippen molar-refractivity contribution in [2.24, 2.45) is 0 Å². The fourth-order valence-corrected chi connectivity index (χ4v) is 2.76. The summed E-state index contributed by atoms with van der Waals surface area (Å²) in [6.45, 7) is 3.23. The van der Waals surface area contributed by atoms with Gasteiger partial charge in [-0.25, -0.2) is 0 Å². The number of hydrogen-bond acceptors (Lipinski definition) is 2. The van der Waals surface area contributed by atoms with E-state index in [0.717, 1.165) is 6.61 Å². The summed E-state index contributed by atoms with van der Waals surface area (Å²) >= 11 is 0. The van der Waals surface area contributed by atoms with Crippen LogP contribution >= 0.6 is 0 Å². The lowest BCUT2D eigenvalue weighted by Crippen LogP contribution is -2.55. The van der Waals surface area contributed by atoms with Gasteiger partial charge in [0.25, 0.3) is 0 Å². The third-order valence-electron chi connectivity index (χ3n) is 3.60. The van der Waals surface area contributed by atoms with Gasteiger partial charge in [0.15, 0.2) is 0 Å². The second kappa shape index (κ2) is 4.63. The number of hydrogen-bond donors (Lipinski definition) is 1. The molecule has 0 bridgehead atoms. The maximum absolute atomic E-state index is 6.00.